The first-order chi connectivity index (χ1) is 12.2. The summed E-state index contributed by atoms with van der Waals surface area (Å²) in [7, 11) is 0. The van der Waals surface area contributed by atoms with Crippen LogP contribution in [0.3, 0.4) is 0 Å². The van der Waals surface area contributed by atoms with Gasteiger partial charge < -0.3 is 9.84 Å². The van der Waals surface area contributed by atoms with Gasteiger partial charge in [0.1, 0.15) is 6.10 Å². The summed E-state index contributed by atoms with van der Waals surface area (Å²) in [4.78, 5) is 11.3. The number of hydrogen-bond acceptors (Lipinski definition) is 4. The van der Waals surface area contributed by atoms with Gasteiger partial charge in [0.2, 0.25) is 0 Å². The minimum atomic E-state index is -1.15. The molecule has 142 valence electrons. The number of allylic oxidation sites excluding steroid dienone is 1. The Morgan fingerprint density at radius 2 is 1.96 bits per heavy atom. The fraction of sp³-hybridized carbons (Fsp3) is 0.818. The molecule has 0 aromatic carbocycles. The number of carbonyl (C=O) groups is 1. The van der Waals surface area contributed by atoms with Crippen LogP contribution < -0.4 is 0 Å². The minimum Gasteiger partial charge on any atom is -0.462 e. The van der Waals surface area contributed by atoms with Gasteiger partial charge in [-0.25, -0.2) is 0 Å². The number of aliphatic hydroxyl groups is 1. The van der Waals surface area contributed by atoms with Crippen molar-refractivity contribution in [1.29, 1.82) is 5.26 Å². The molecule has 7 atom stereocenters. The summed E-state index contributed by atoms with van der Waals surface area (Å²) in [5.74, 6) is 1.45. The Morgan fingerprint density at radius 1 is 1.23 bits per heavy atom. The van der Waals surface area contributed by atoms with Crippen LogP contribution in [0.1, 0.15) is 72.1 Å². The van der Waals surface area contributed by atoms with E-state index in [1.807, 2.05) is 0 Å². The molecule has 1 N–H and O–H groups in total. The molecule has 0 aromatic rings. The summed E-state index contributed by atoms with van der Waals surface area (Å²) in [6.07, 6.45) is 10.0. The maximum atomic E-state index is 11.3. The van der Waals surface area contributed by atoms with Crippen LogP contribution in [0, 0.1) is 39.9 Å². The first-order valence-electron chi connectivity index (χ1n) is 10.2. The number of esters is 1. The van der Waals surface area contributed by atoms with Gasteiger partial charge in [-0.3, -0.25) is 4.79 Å². The van der Waals surface area contributed by atoms with Gasteiger partial charge in [0.25, 0.3) is 0 Å². The maximum absolute atomic E-state index is 11.3. The van der Waals surface area contributed by atoms with Crippen LogP contribution in [-0.4, -0.2) is 22.8 Å². The molecule has 0 saturated heterocycles. The lowest BCUT2D eigenvalue weighted by atomic mass is 9.47. The third-order valence-corrected chi connectivity index (χ3v) is 8.73. The molecule has 0 radical (unpaired) electrons. The zero-order valence-corrected chi connectivity index (χ0v) is 16.3. The van der Waals surface area contributed by atoms with E-state index in [1.165, 1.54) is 12.5 Å². The van der Waals surface area contributed by atoms with Gasteiger partial charge in [-0.1, -0.05) is 25.5 Å². The fourth-order valence-corrected chi connectivity index (χ4v) is 7.16. The summed E-state index contributed by atoms with van der Waals surface area (Å²) >= 11 is 0. The van der Waals surface area contributed by atoms with Crippen LogP contribution in [0.15, 0.2) is 11.6 Å². The number of hydrogen-bond donors (Lipinski definition) is 1. The van der Waals surface area contributed by atoms with Gasteiger partial charge in [-0.05, 0) is 68.1 Å². The average Bonchev–Trinajstić information content (AvgIpc) is 2.87. The Hall–Kier alpha value is -1.34. The second-order valence-corrected chi connectivity index (χ2v) is 9.70. The topological polar surface area (TPSA) is 70.3 Å². The van der Waals surface area contributed by atoms with Gasteiger partial charge in [0, 0.05) is 18.8 Å². The van der Waals surface area contributed by atoms with Gasteiger partial charge in [-0.2, -0.15) is 5.26 Å². The predicted molar refractivity (Wildman–Crippen MR) is 97.8 cm³/mol. The molecule has 0 spiro atoms. The molecule has 0 unspecified atom stereocenters. The highest BCUT2D eigenvalue weighted by Crippen LogP contribution is 2.67. The van der Waals surface area contributed by atoms with E-state index in [-0.39, 0.29) is 22.9 Å². The molecule has 0 bridgehead atoms. The van der Waals surface area contributed by atoms with Crippen molar-refractivity contribution >= 4 is 5.97 Å². The van der Waals surface area contributed by atoms with E-state index in [1.54, 1.807) is 0 Å². The Morgan fingerprint density at radius 3 is 2.65 bits per heavy atom. The molecule has 3 fully saturated rings. The summed E-state index contributed by atoms with van der Waals surface area (Å²) < 4.78 is 5.50. The summed E-state index contributed by atoms with van der Waals surface area (Å²) in [6.45, 7) is 6.06. The van der Waals surface area contributed by atoms with Gasteiger partial charge in [0.05, 0.1) is 6.07 Å². The Labute approximate surface area is 156 Å². The fourth-order valence-electron chi connectivity index (χ4n) is 7.16. The molecule has 0 heterocycles. The van der Waals surface area contributed by atoms with Crippen molar-refractivity contribution in [2.45, 2.75) is 83.8 Å². The highest BCUT2D eigenvalue weighted by atomic mass is 16.5. The Bertz CT molecular complexity index is 694. The van der Waals surface area contributed by atoms with Crippen molar-refractivity contribution in [3.8, 4) is 6.07 Å². The van der Waals surface area contributed by atoms with Crippen LogP contribution >= 0.6 is 0 Å². The number of nitriles is 1. The average molecular weight is 357 g/mol. The van der Waals surface area contributed by atoms with Crippen LogP contribution in [0.2, 0.25) is 0 Å². The van der Waals surface area contributed by atoms with E-state index in [9.17, 15) is 15.2 Å². The summed E-state index contributed by atoms with van der Waals surface area (Å²) in [6, 6.07) is 2.26. The van der Waals surface area contributed by atoms with E-state index in [4.69, 9.17) is 4.74 Å². The van der Waals surface area contributed by atoms with Crippen molar-refractivity contribution in [2.24, 2.45) is 28.6 Å². The van der Waals surface area contributed by atoms with Crippen molar-refractivity contribution in [3.05, 3.63) is 11.6 Å². The summed E-state index contributed by atoms with van der Waals surface area (Å²) in [5.41, 5.74) is 0.252. The third-order valence-electron chi connectivity index (χ3n) is 8.73. The van der Waals surface area contributed by atoms with Crippen LogP contribution in [-0.2, 0) is 9.53 Å². The van der Waals surface area contributed by atoms with Crippen molar-refractivity contribution in [1.82, 2.24) is 0 Å². The van der Waals surface area contributed by atoms with E-state index in [2.05, 4.69) is 26.0 Å². The first-order valence-corrected chi connectivity index (χ1v) is 10.2. The predicted octanol–water partition coefficient (Wildman–Crippen LogP) is 4.14. The lowest BCUT2D eigenvalue weighted by Gasteiger charge is -2.58. The molecular formula is C22H31NO3. The first kappa shape index (κ1) is 18.0. The zero-order valence-electron chi connectivity index (χ0n) is 16.3. The van der Waals surface area contributed by atoms with Crippen LogP contribution in [0.5, 0.6) is 0 Å². The minimum absolute atomic E-state index is 0.0346. The molecule has 0 aromatic heterocycles. The standard InChI is InChI=1S/C22H31NO3/c1-14(24)26-16-6-9-20(2)15(12-16)4-5-17-18(20)7-10-21(3)19(17)8-11-22(21,25)13-23/h4,16-19,25H,5-12H2,1-3H3/t16-,17-,18-,19-,20+,21+,22+/m1/s1. The second-order valence-electron chi connectivity index (χ2n) is 9.70. The van der Waals surface area contributed by atoms with Crippen molar-refractivity contribution in [3.63, 3.8) is 0 Å². The molecule has 4 rings (SSSR count). The smallest absolute Gasteiger partial charge is 0.302 e. The number of ether oxygens (including phenoxy) is 1. The molecule has 4 nitrogen and oxygen atoms in total. The molecule has 0 amide bonds. The second kappa shape index (κ2) is 5.83. The molecule has 4 aliphatic rings. The SMILES string of the molecule is CC(=O)O[C@@H]1CC[C@@]2(C)C(=CC[C@@H]3[C@H]2CC[C@@]2(C)[C@@H]3CC[C@]2(O)C#N)C1. The lowest BCUT2D eigenvalue weighted by Crippen LogP contribution is -2.54. The number of carbonyl (C=O) groups excluding carboxylic acids is 1. The van der Waals surface area contributed by atoms with E-state index in [0.717, 1.165) is 44.9 Å². The number of fused-ring (bicyclic) bond motifs is 5. The third kappa shape index (κ3) is 2.32. The molecular weight excluding hydrogens is 326 g/mol. The molecule has 4 heteroatoms. The van der Waals surface area contributed by atoms with Gasteiger partial charge in [-0.15, -0.1) is 0 Å². The number of rotatable bonds is 1. The summed E-state index contributed by atoms with van der Waals surface area (Å²) in [5, 5.41) is 20.5. The van der Waals surface area contributed by atoms with Crippen molar-refractivity contribution in [2.75, 3.05) is 0 Å². The maximum Gasteiger partial charge on any atom is 0.302 e. The molecule has 0 aliphatic heterocycles. The van der Waals surface area contributed by atoms with E-state index < -0.39 is 5.60 Å². The van der Waals surface area contributed by atoms with Crippen LogP contribution in [0.4, 0.5) is 0 Å². The van der Waals surface area contributed by atoms with Crippen molar-refractivity contribution < 1.29 is 14.6 Å². The lowest BCUT2D eigenvalue weighted by molar-refractivity contribution is -0.149. The van der Waals surface area contributed by atoms with Gasteiger partial charge in [0.15, 0.2) is 5.60 Å². The number of nitrogens with zero attached hydrogens (tertiary/aromatic N) is 1. The molecule has 26 heavy (non-hydrogen) atoms. The normalized spacial score (nSPS) is 49.9. The Kier molecular flexibility index (Phi) is 4.04. The van der Waals surface area contributed by atoms with Gasteiger partial charge >= 0.3 is 5.97 Å². The monoisotopic (exact) mass is 357 g/mol. The Balaban J connectivity index is 1.61. The highest BCUT2D eigenvalue weighted by molar-refractivity contribution is 5.66. The highest BCUT2D eigenvalue weighted by Gasteiger charge is 2.64. The van der Waals surface area contributed by atoms with E-state index in [0.29, 0.717) is 24.2 Å². The zero-order chi connectivity index (χ0) is 18.7. The van der Waals surface area contributed by atoms with Crippen LogP contribution in [0.25, 0.3) is 0 Å². The molecule has 3 saturated carbocycles. The quantitative estimate of drug-likeness (QED) is 0.435. The van der Waals surface area contributed by atoms with E-state index >= 15 is 0 Å². The molecule has 4 aliphatic carbocycles. The largest absolute Gasteiger partial charge is 0.462 e.